The van der Waals surface area contributed by atoms with Crippen molar-refractivity contribution in [2.24, 2.45) is 12.0 Å². The van der Waals surface area contributed by atoms with Crippen molar-refractivity contribution >= 4 is 28.3 Å². The number of pyridine rings is 1. The van der Waals surface area contributed by atoms with Gasteiger partial charge in [-0.3, -0.25) is 14.2 Å². The lowest BCUT2D eigenvalue weighted by Crippen LogP contribution is -2.33. The van der Waals surface area contributed by atoms with E-state index in [1.54, 1.807) is 31.3 Å². The molecule has 0 fully saturated rings. The predicted molar refractivity (Wildman–Crippen MR) is 177 cm³/mol. The summed E-state index contributed by atoms with van der Waals surface area (Å²) in [5.74, 6) is -5.94. The van der Waals surface area contributed by atoms with Crippen LogP contribution in [0.3, 0.4) is 0 Å². The molecule has 276 valence electrons. The van der Waals surface area contributed by atoms with Crippen LogP contribution in [-0.4, -0.2) is 46.9 Å². The number of aliphatic hydroxyl groups is 1. The average Bonchev–Trinajstić information content (AvgIpc) is 3.59. The van der Waals surface area contributed by atoms with E-state index in [0.717, 1.165) is 12.1 Å². The number of halogens is 8. The Balaban J connectivity index is 1.57. The fraction of sp³-hybridized carbons (Fsp3) is 0.306. The Morgan fingerprint density at radius 3 is 2.36 bits per heavy atom. The van der Waals surface area contributed by atoms with E-state index >= 15 is 8.78 Å². The van der Waals surface area contributed by atoms with Gasteiger partial charge in [0.1, 0.15) is 40.9 Å². The lowest BCUT2D eigenvalue weighted by atomic mass is 9.89. The summed E-state index contributed by atoms with van der Waals surface area (Å²) in [6.45, 7) is 1.54. The Labute approximate surface area is 296 Å². The number of hydrogen-bond donors (Lipinski definition) is 2. The number of aromatic nitrogens is 5. The van der Waals surface area contributed by atoms with Gasteiger partial charge in [0, 0.05) is 48.9 Å². The van der Waals surface area contributed by atoms with Crippen molar-refractivity contribution < 1.29 is 45.0 Å². The van der Waals surface area contributed by atoms with Crippen LogP contribution in [0, 0.1) is 23.5 Å². The van der Waals surface area contributed by atoms with E-state index in [1.165, 1.54) is 24.6 Å². The highest BCUT2D eigenvalue weighted by atomic mass is 19.3. The van der Waals surface area contributed by atoms with Crippen LogP contribution in [-0.2, 0) is 36.7 Å². The molecule has 3 heterocycles. The Morgan fingerprint density at radius 1 is 1.02 bits per heavy atom. The number of nitrogens with two attached hydrogens (primary N) is 1. The van der Waals surface area contributed by atoms with Crippen LogP contribution >= 0.6 is 0 Å². The van der Waals surface area contributed by atoms with Gasteiger partial charge in [-0.15, -0.1) is 0 Å². The van der Waals surface area contributed by atoms with Gasteiger partial charge in [-0.2, -0.15) is 19.0 Å². The van der Waals surface area contributed by atoms with Crippen molar-refractivity contribution in [1.29, 1.82) is 0 Å². The quantitative estimate of drug-likeness (QED) is 0.105. The van der Waals surface area contributed by atoms with Crippen LogP contribution in [0.4, 0.5) is 40.9 Å². The Bertz CT molecular complexity index is 2340. The third-order valence-corrected chi connectivity index (χ3v) is 8.34. The average molecular weight is 744 g/mol. The minimum atomic E-state index is -4.08. The van der Waals surface area contributed by atoms with Crippen LogP contribution in [0.15, 0.2) is 53.5 Å². The number of aryl methyl sites for hydroxylation is 1. The molecule has 1 aliphatic carbocycles. The molecule has 0 spiro atoms. The van der Waals surface area contributed by atoms with Gasteiger partial charge in [-0.1, -0.05) is 18.1 Å². The van der Waals surface area contributed by atoms with Gasteiger partial charge < -0.3 is 10.8 Å². The number of amides is 1. The molecule has 3 aromatic heterocycles. The molecule has 0 aliphatic heterocycles. The lowest BCUT2D eigenvalue weighted by molar-refractivity contribution is -0.119. The fourth-order valence-electron chi connectivity index (χ4n) is 6.20. The Kier molecular flexibility index (Phi) is 9.40. The largest absolute Gasteiger partial charge is 0.382 e. The van der Waals surface area contributed by atoms with Gasteiger partial charge in [0.25, 0.3) is 24.2 Å². The molecule has 3 N–H and O–H groups in total. The third-order valence-electron chi connectivity index (χ3n) is 8.34. The molecule has 1 aliphatic rings. The maximum atomic E-state index is 15.1. The molecule has 1 amide bonds. The van der Waals surface area contributed by atoms with Crippen molar-refractivity contribution in [1.82, 2.24) is 24.5 Å². The van der Waals surface area contributed by atoms with Crippen LogP contribution < -0.4 is 5.73 Å². The number of alkyl halides is 6. The molecule has 0 atom stereocenters. The monoisotopic (exact) mass is 743 g/mol. The van der Waals surface area contributed by atoms with E-state index in [4.69, 9.17) is 5.73 Å². The van der Waals surface area contributed by atoms with E-state index < -0.39 is 84.2 Å². The second-order valence-corrected chi connectivity index (χ2v) is 13.0. The summed E-state index contributed by atoms with van der Waals surface area (Å²) in [5, 5.41) is 18.3. The zero-order valence-corrected chi connectivity index (χ0v) is 28.2. The van der Waals surface area contributed by atoms with E-state index in [-0.39, 0.29) is 38.7 Å². The highest BCUT2D eigenvalue weighted by Crippen LogP contribution is 2.52. The smallest absolute Gasteiger partial charge is 0.290 e. The molecule has 0 bridgehead atoms. The van der Waals surface area contributed by atoms with Crippen LogP contribution in [0.1, 0.15) is 67.0 Å². The third kappa shape index (κ3) is 7.49. The lowest BCUT2D eigenvalue weighted by Gasteiger charge is -2.29. The van der Waals surface area contributed by atoms with Crippen molar-refractivity contribution in [2.45, 2.75) is 63.5 Å². The number of aliphatic imine (C=N–C) groups is 1. The predicted octanol–water partition coefficient (Wildman–Crippen LogP) is 6.99. The molecule has 0 unspecified atom stereocenters. The van der Waals surface area contributed by atoms with Crippen molar-refractivity contribution in [3.8, 4) is 23.0 Å². The molecule has 0 saturated heterocycles. The first-order valence-electron chi connectivity index (χ1n) is 15.9. The number of nitrogens with zero attached hydrogens (tertiary/aromatic N) is 6. The number of anilines is 1. The van der Waals surface area contributed by atoms with Gasteiger partial charge in [-0.05, 0) is 55.7 Å². The molecule has 0 radical (unpaired) electrons. The maximum Gasteiger partial charge on any atom is 0.290 e. The Morgan fingerprint density at radius 2 is 1.70 bits per heavy atom. The summed E-state index contributed by atoms with van der Waals surface area (Å²) < 4.78 is 118. The highest BCUT2D eigenvalue weighted by Gasteiger charge is 2.55. The van der Waals surface area contributed by atoms with Gasteiger partial charge in [0.15, 0.2) is 5.82 Å². The molecule has 6 rings (SSSR count). The topological polar surface area (TPSA) is 124 Å². The molecule has 9 nitrogen and oxygen atoms in total. The normalized spacial score (nSPS) is 15.4. The van der Waals surface area contributed by atoms with E-state index in [0.29, 0.717) is 22.5 Å². The van der Waals surface area contributed by atoms with Crippen molar-refractivity contribution in [2.75, 3.05) is 5.73 Å². The minimum absolute atomic E-state index is 0.0396. The van der Waals surface area contributed by atoms with Gasteiger partial charge in [0.05, 0.1) is 22.5 Å². The first-order chi connectivity index (χ1) is 24.7. The van der Waals surface area contributed by atoms with E-state index in [9.17, 15) is 36.2 Å². The Hall–Kier alpha value is -5.63. The number of nitrogen functional groups attached to an aromatic ring is 1. The maximum absolute atomic E-state index is 15.1. The van der Waals surface area contributed by atoms with E-state index in [1.807, 2.05) is 0 Å². The first kappa shape index (κ1) is 37.1. The van der Waals surface area contributed by atoms with Crippen LogP contribution in [0.25, 0.3) is 22.0 Å². The zero-order valence-electron chi connectivity index (χ0n) is 28.2. The fourth-order valence-corrected chi connectivity index (χ4v) is 6.20. The second-order valence-electron chi connectivity index (χ2n) is 13.0. The highest BCUT2D eigenvalue weighted by molar-refractivity contribution is 6.12. The van der Waals surface area contributed by atoms with Crippen LogP contribution in [0.2, 0.25) is 0 Å². The number of carbonyl (C=O) groups is 1. The standard InChI is InChI=1S/C36H29F8N7O2/c1-34(2,53)10-9-21-7-8-22(23-5-4-6-24-30(23)50(3)49-33(24)45)28(46-21)25(15-18-13-19(37)16-20(38)14-18)47-26(52)17-51-31-27(29(48-51)32(39)40)35(41,42)11-12-36(31,43)44/h4-8,13-14,16,32,53H,11-12,15,17H2,1-3H3,(H2,45,49). The number of hydrogen-bond acceptors (Lipinski definition) is 6. The second kappa shape index (κ2) is 13.4. The zero-order chi connectivity index (χ0) is 38.6. The number of para-hydroxylation sites is 1. The van der Waals surface area contributed by atoms with Crippen molar-refractivity contribution in [3.63, 3.8) is 0 Å². The molecular formula is C36H29F8N7O2. The van der Waals surface area contributed by atoms with Crippen LogP contribution in [0.5, 0.6) is 0 Å². The molecule has 17 heteroatoms. The summed E-state index contributed by atoms with van der Waals surface area (Å²) in [4.78, 5) is 22.3. The summed E-state index contributed by atoms with van der Waals surface area (Å²) in [6, 6.07) is 10.6. The van der Waals surface area contributed by atoms with Gasteiger partial charge in [0.2, 0.25) is 0 Å². The summed E-state index contributed by atoms with van der Waals surface area (Å²) in [7, 11) is 1.62. The summed E-state index contributed by atoms with van der Waals surface area (Å²) >= 11 is 0. The number of rotatable bonds is 7. The molecule has 5 aromatic rings. The summed E-state index contributed by atoms with van der Waals surface area (Å²) in [6.07, 6.45) is -7.01. The molecule has 0 saturated carbocycles. The van der Waals surface area contributed by atoms with Crippen molar-refractivity contribution in [3.05, 3.63) is 94.1 Å². The molecular weight excluding hydrogens is 714 g/mol. The first-order valence-corrected chi connectivity index (χ1v) is 15.9. The molecule has 53 heavy (non-hydrogen) atoms. The molecule has 2 aromatic carbocycles. The van der Waals surface area contributed by atoms with E-state index in [2.05, 4.69) is 32.0 Å². The number of fused-ring (bicyclic) bond motifs is 2. The number of benzene rings is 2. The number of carbonyl (C=O) groups excluding carboxylic acids is 1. The van der Waals surface area contributed by atoms with Gasteiger partial charge >= 0.3 is 0 Å². The summed E-state index contributed by atoms with van der Waals surface area (Å²) in [5.41, 5.74) is 0.635. The SMILES string of the molecule is Cn1nc(N)c2cccc(-c3ccc(C#CC(C)(C)O)nc3C(Cc3cc(F)cc(F)c3)=NC(=O)Cn3nc(C(F)F)c4c3C(F)(F)CCC4(F)F)c21. The van der Waals surface area contributed by atoms with Gasteiger partial charge in [-0.25, -0.2) is 36.3 Å². The minimum Gasteiger partial charge on any atom is -0.382 e.